The van der Waals surface area contributed by atoms with E-state index in [9.17, 15) is 14.9 Å². The molecule has 7 nitrogen and oxygen atoms in total. The van der Waals surface area contributed by atoms with Crippen molar-refractivity contribution in [3.63, 3.8) is 0 Å². The fourth-order valence-corrected chi connectivity index (χ4v) is 2.78. The Morgan fingerprint density at radius 2 is 1.96 bits per heavy atom. The molecule has 0 aliphatic rings. The van der Waals surface area contributed by atoms with Gasteiger partial charge in [-0.2, -0.15) is 0 Å². The zero-order valence-corrected chi connectivity index (χ0v) is 12.9. The number of aryl methyl sites for hydroxylation is 1. The lowest BCUT2D eigenvalue weighted by Gasteiger charge is -2.03. The molecule has 0 aliphatic heterocycles. The molecule has 0 fully saturated rings. The topological polar surface area (TPSA) is 97.4 Å². The maximum Gasteiger partial charge on any atom is 0.274 e. The number of nitrogens with one attached hydrogen (secondary N) is 1. The third-order valence-corrected chi connectivity index (χ3v) is 3.98. The average Bonchev–Trinajstić information content (AvgIpc) is 2.90. The Morgan fingerprint density at radius 1 is 1.25 bits per heavy atom. The largest absolute Gasteiger partial charge is 0.350 e. The van der Waals surface area contributed by atoms with E-state index < -0.39 is 10.8 Å². The molecule has 0 spiro atoms. The molecule has 122 valence electrons. The second-order valence-corrected chi connectivity index (χ2v) is 5.54. The predicted molar refractivity (Wildman–Crippen MR) is 88.1 cm³/mol. The lowest BCUT2D eigenvalue weighted by Crippen LogP contribution is -2.18. The number of carbonyl (C=O) groups excluding carboxylic acids is 1. The molecule has 1 heterocycles. The number of carbonyl (C=O) groups is 1. The molecule has 1 aromatic heterocycles. The average molecular weight is 325 g/mol. The van der Waals surface area contributed by atoms with Crippen LogP contribution in [0.5, 0.6) is 0 Å². The van der Waals surface area contributed by atoms with Gasteiger partial charge < -0.3 is 4.57 Å². The van der Waals surface area contributed by atoms with Crippen molar-refractivity contribution in [3.05, 3.63) is 75.5 Å². The third kappa shape index (κ3) is 2.84. The predicted octanol–water partition coefficient (Wildman–Crippen LogP) is 2.80. The molecule has 3 aromatic rings. The molecule has 3 rings (SSSR count). The Bertz CT molecular complexity index is 929. The number of amides is 1. The van der Waals surface area contributed by atoms with E-state index in [1.807, 2.05) is 23.9 Å². The van der Waals surface area contributed by atoms with Gasteiger partial charge in [-0.05, 0) is 35.7 Å². The van der Waals surface area contributed by atoms with Gasteiger partial charge in [0.15, 0.2) is 0 Å². The van der Waals surface area contributed by atoms with Crippen LogP contribution in [0.2, 0.25) is 0 Å². The van der Waals surface area contributed by atoms with Crippen molar-refractivity contribution < 1.29 is 14.9 Å². The van der Waals surface area contributed by atoms with E-state index in [0.29, 0.717) is 12.0 Å². The fraction of sp³-hybridized carbons (Fsp3) is 0.118. The minimum absolute atomic E-state index is 0.0542. The van der Waals surface area contributed by atoms with Gasteiger partial charge in [-0.15, -0.1) is 0 Å². The summed E-state index contributed by atoms with van der Waals surface area (Å²) in [5.74, 6) is -0.568. The van der Waals surface area contributed by atoms with Crippen LogP contribution in [0.1, 0.15) is 21.5 Å². The molecule has 7 heteroatoms. The minimum atomic E-state index is -0.568. The van der Waals surface area contributed by atoms with E-state index >= 15 is 0 Å². The highest BCUT2D eigenvalue weighted by atomic mass is 16.6. The van der Waals surface area contributed by atoms with Crippen LogP contribution in [0.4, 0.5) is 5.69 Å². The number of nitro benzene ring substituents is 1. The first-order chi connectivity index (χ1) is 11.5. The first-order valence-corrected chi connectivity index (χ1v) is 7.25. The van der Waals surface area contributed by atoms with Crippen molar-refractivity contribution in [1.82, 2.24) is 10.0 Å². The second kappa shape index (κ2) is 6.13. The fourth-order valence-electron chi connectivity index (χ4n) is 2.78. The summed E-state index contributed by atoms with van der Waals surface area (Å²) in [5, 5.41) is 20.4. The Morgan fingerprint density at radius 3 is 2.58 bits per heavy atom. The monoisotopic (exact) mass is 325 g/mol. The number of nitro groups is 1. The first kappa shape index (κ1) is 15.7. The number of hydroxylamine groups is 1. The third-order valence-electron chi connectivity index (χ3n) is 3.98. The summed E-state index contributed by atoms with van der Waals surface area (Å²) in [5.41, 5.74) is 4.93. The minimum Gasteiger partial charge on any atom is -0.350 e. The molecule has 0 saturated carbocycles. The summed E-state index contributed by atoms with van der Waals surface area (Å²) < 4.78 is 1.96. The van der Waals surface area contributed by atoms with E-state index in [1.54, 1.807) is 29.7 Å². The maximum atomic E-state index is 11.6. The van der Waals surface area contributed by atoms with E-state index in [1.165, 1.54) is 12.1 Å². The van der Waals surface area contributed by atoms with Gasteiger partial charge in [0.1, 0.15) is 0 Å². The zero-order valence-electron chi connectivity index (χ0n) is 12.9. The summed E-state index contributed by atoms with van der Waals surface area (Å²) in [6.07, 6.45) is 2.55. The van der Waals surface area contributed by atoms with Crippen molar-refractivity contribution in [2.24, 2.45) is 7.05 Å². The van der Waals surface area contributed by atoms with Crippen molar-refractivity contribution >= 4 is 22.5 Å². The van der Waals surface area contributed by atoms with Crippen LogP contribution in [0.25, 0.3) is 10.9 Å². The van der Waals surface area contributed by atoms with E-state index in [2.05, 4.69) is 0 Å². The molecule has 0 bridgehead atoms. The standard InChI is InChI=1S/C17H15N3O4/c1-19-10-13(8-11-2-5-14(6-3-11)20(23)24)15-9-12(17(21)18-22)4-7-16(15)19/h2-7,9-10,22H,8H2,1H3,(H,18,21). The summed E-state index contributed by atoms with van der Waals surface area (Å²) in [7, 11) is 1.91. The van der Waals surface area contributed by atoms with E-state index in [-0.39, 0.29) is 5.69 Å². The Kier molecular flexibility index (Phi) is 4.01. The molecule has 0 radical (unpaired) electrons. The maximum absolute atomic E-state index is 11.6. The summed E-state index contributed by atoms with van der Waals surface area (Å²) in [6.45, 7) is 0. The lowest BCUT2D eigenvalue weighted by molar-refractivity contribution is -0.384. The normalized spacial score (nSPS) is 10.8. The number of aromatic nitrogens is 1. The molecule has 0 saturated heterocycles. The molecule has 0 aliphatic carbocycles. The number of rotatable bonds is 4. The molecular formula is C17H15N3O4. The quantitative estimate of drug-likeness (QED) is 0.438. The van der Waals surface area contributed by atoms with Crippen molar-refractivity contribution in [2.45, 2.75) is 6.42 Å². The number of nitrogens with zero attached hydrogens (tertiary/aromatic N) is 2. The Balaban J connectivity index is 1.99. The summed E-state index contributed by atoms with van der Waals surface area (Å²) in [4.78, 5) is 21.9. The summed E-state index contributed by atoms with van der Waals surface area (Å²) in [6, 6.07) is 11.6. The molecule has 0 atom stereocenters. The number of hydrogen-bond donors (Lipinski definition) is 2. The highest BCUT2D eigenvalue weighted by molar-refractivity contribution is 5.98. The molecule has 2 N–H and O–H groups in total. The molecule has 24 heavy (non-hydrogen) atoms. The van der Waals surface area contributed by atoms with Crippen LogP contribution in [0, 0.1) is 10.1 Å². The lowest BCUT2D eigenvalue weighted by atomic mass is 10.0. The highest BCUT2D eigenvalue weighted by Gasteiger charge is 2.12. The SMILES string of the molecule is Cn1cc(Cc2ccc([N+](=O)[O-])cc2)c2cc(C(=O)NO)ccc21. The van der Waals surface area contributed by atoms with Gasteiger partial charge >= 0.3 is 0 Å². The van der Waals surface area contributed by atoms with Gasteiger partial charge in [0.2, 0.25) is 0 Å². The molecule has 1 amide bonds. The summed E-state index contributed by atoms with van der Waals surface area (Å²) >= 11 is 0. The Labute approximate surface area is 137 Å². The molecule has 2 aromatic carbocycles. The molecular weight excluding hydrogens is 310 g/mol. The number of fused-ring (bicyclic) bond motifs is 1. The number of hydrogen-bond acceptors (Lipinski definition) is 4. The first-order valence-electron chi connectivity index (χ1n) is 7.25. The number of non-ortho nitro benzene ring substituents is 1. The zero-order chi connectivity index (χ0) is 17.3. The Hall–Kier alpha value is -3.19. The smallest absolute Gasteiger partial charge is 0.274 e. The second-order valence-electron chi connectivity index (χ2n) is 5.54. The van der Waals surface area contributed by atoms with Crippen molar-refractivity contribution in [1.29, 1.82) is 0 Å². The van der Waals surface area contributed by atoms with Crippen LogP contribution >= 0.6 is 0 Å². The van der Waals surface area contributed by atoms with E-state index in [4.69, 9.17) is 5.21 Å². The van der Waals surface area contributed by atoms with Crippen LogP contribution < -0.4 is 5.48 Å². The van der Waals surface area contributed by atoms with Crippen molar-refractivity contribution in [3.8, 4) is 0 Å². The van der Waals surface area contributed by atoms with Gasteiger partial charge in [0, 0.05) is 41.8 Å². The van der Waals surface area contributed by atoms with Crippen LogP contribution in [0.3, 0.4) is 0 Å². The van der Waals surface area contributed by atoms with Crippen LogP contribution in [-0.4, -0.2) is 20.6 Å². The highest BCUT2D eigenvalue weighted by Crippen LogP contribution is 2.25. The van der Waals surface area contributed by atoms with Gasteiger partial charge in [-0.1, -0.05) is 12.1 Å². The van der Waals surface area contributed by atoms with Gasteiger partial charge in [0.05, 0.1) is 4.92 Å². The molecule has 0 unspecified atom stereocenters. The van der Waals surface area contributed by atoms with Gasteiger partial charge in [-0.3, -0.25) is 20.1 Å². The van der Waals surface area contributed by atoms with Crippen LogP contribution in [0.15, 0.2) is 48.7 Å². The van der Waals surface area contributed by atoms with Crippen molar-refractivity contribution in [2.75, 3.05) is 0 Å². The number of benzene rings is 2. The van der Waals surface area contributed by atoms with Gasteiger partial charge in [0.25, 0.3) is 11.6 Å². The van der Waals surface area contributed by atoms with E-state index in [0.717, 1.165) is 22.0 Å². The van der Waals surface area contributed by atoms with Crippen LogP contribution in [-0.2, 0) is 13.5 Å². The van der Waals surface area contributed by atoms with Gasteiger partial charge in [-0.25, -0.2) is 5.48 Å².